The number of halogens is 1. The monoisotopic (exact) mass is 310 g/mol. The lowest BCUT2D eigenvalue weighted by Gasteiger charge is -2.24. The second kappa shape index (κ2) is 5.22. The highest BCUT2D eigenvalue weighted by atomic mass is 35.5. The Bertz CT molecular complexity index is 746. The maximum atomic E-state index is 11.7. The first-order chi connectivity index (χ1) is 9.55. The molecule has 1 unspecified atom stereocenters. The van der Waals surface area contributed by atoms with Crippen LogP contribution in [0, 0.1) is 0 Å². The van der Waals surface area contributed by atoms with Gasteiger partial charge in [-0.2, -0.15) is 0 Å². The van der Waals surface area contributed by atoms with Crippen LogP contribution in [-0.2, 0) is 9.84 Å². The van der Waals surface area contributed by atoms with Crippen LogP contribution in [0.4, 0.5) is 5.69 Å². The standard InChI is InChI=1S/C14H15ClN2O2S/c15-12-5-6-13(11-4-1-7-16-14(11)12)17-10-3-2-8-20(18,19)9-10/h1,4-7,10,17H,2-3,8-9H2. The van der Waals surface area contributed by atoms with E-state index in [1.54, 1.807) is 12.3 Å². The molecule has 1 aromatic heterocycles. The van der Waals surface area contributed by atoms with Crippen LogP contribution in [0.1, 0.15) is 12.8 Å². The average Bonchev–Trinajstić information content (AvgIpc) is 2.41. The van der Waals surface area contributed by atoms with Gasteiger partial charge in [0.1, 0.15) is 0 Å². The van der Waals surface area contributed by atoms with Crippen molar-refractivity contribution >= 4 is 38.0 Å². The van der Waals surface area contributed by atoms with Gasteiger partial charge in [0.25, 0.3) is 0 Å². The Morgan fingerprint density at radius 1 is 1.30 bits per heavy atom. The first kappa shape index (κ1) is 13.6. The van der Waals surface area contributed by atoms with Gasteiger partial charge in [-0.1, -0.05) is 11.6 Å². The summed E-state index contributed by atoms with van der Waals surface area (Å²) < 4.78 is 23.4. The second-order valence-corrected chi connectivity index (χ2v) is 7.73. The molecular formula is C14H15ClN2O2S. The summed E-state index contributed by atoms with van der Waals surface area (Å²) in [7, 11) is -2.92. The van der Waals surface area contributed by atoms with Crippen LogP contribution < -0.4 is 5.32 Å². The summed E-state index contributed by atoms with van der Waals surface area (Å²) >= 11 is 6.13. The lowest BCUT2D eigenvalue weighted by Crippen LogP contribution is -2.34. The van der Waals surface area contributed by atoms with E-state index < -0.39 is 9.84 Å². The van der Waals surface area contributed by atoms with E-state index in [1.165, 1.54) is 0 Å². The molecule has 0 bridgehead atoms. The molecule has 0 spiro atoms. The van der Waals surface area contributed by atoms with Gasteiger partial charge in [0.05, 0.1) is 22.0 Å². The molecule has 0 saturated carbocycles. The molecule has 2 aromatic rings. The summed E-state index contributed by atoms with van der Waals surface area (Å²) in [5.74, 6) is 0.492. The van der Waals surface area contributed by atoms with Gasteiger partial charge >= 0.3 is 0 Å². The first-order valence-corrected chi connectivity index (χ1v) is 8.75. The molecule has 2 heterocycles. The number of aromatic nitrogens is 1. The lowest BCUT2D eigenvalue weighted by atomic mass is 10.1. The Labute approximate surface area is 123 Å². The van der Waals surface area contributed by atoms with Crippen LogP contribution in [0.3, 0.4) is 0 Å². The van der Waals surface area contributed by atoms with Crippen molar-refractivity contribution in [2.75, 3.05) is 16.8 Å². The van der Waals surface area contributed by atoms with Gasteiger partial charge in [0, 0.05) is 23.3 Å². The summed E-state index contributed by atoms with van der Waals surface area (Å²) in [6.07, 6.45) is 3.27. The fraction of sp³-hybridized carbons (Fsp3) is 0.357. The zero-order valence-corrected chi connectivity index (χ0v) is 12.4. The third kappa shape index (κ3) is 2.74. The van der Waals surface area contributed by atoms with Crippen molar-refractivity contribution in [3.05, 3.63) is 35.5 Å². The van der Waals surface area contributed by atoms with Crippen LogP contribution in [0.2, 0.25) is 5.02 Å². The Morgan fingerprint density at radius 3 is 2.95 bits per heavy atom. The van der Waals surface area contributed by atoms with E-state index in [2.05, 4.69) is 10.3 Å². The number of pyridine rings is 1. The smallest absolute Gasteiger partial charge is 0.152 e. The van der Waals surface area contributed by atoms with Crippen LogP contribution in [-0.4, -0.2) is 30.9 Å². The summed E-state index contributed by atoms with van der Waals surface area (Å²) in [4.78, 5) is 4.27. The predicted octanol–water partition coefficient (Wildman–Crippen LogP) is 2.88. The number of rotatable bonds is 2. The molecule has 1 aliphatic heterocycles. The molecule has 1 fully saturated rings. The maximum absolute atomic E-state index is 11.7. The molecule has 1 aliphatic rings. The summed E-state index contributed by atoms with van der Waals surface area (Å²) in [6.45, 7) is 0. The number of anilines is 1. The summed E-state index contributed by atoms with van der Waals surface area (Å²) in [6, 6.07) is 7.41. The van der Waals surface area contributed by atoms with Gasteiger partial charge in [-0.25, -0.2) is 8.42 Å². The van der Waals surface area contributed by atoms with Gasteiger partial charge in [0.15, 0.2) is 9.84 Å². The fourth-order valence-electron chi connectivity index (χ4n) is 2.62. The predicted molar refractivity (Wildman–Crippen MR) is 82.1 cm³/mol. The van der Waals surface area contributed by atoms with Gasteiger partial charge in [-0.05, 0) is 37.1 Å². The quantitative estimate of drug-likeness (QED) is 0.926. The number of nitrogens with one attached hydrogen (secondary N) is 1. The molecule has 4 nitrogen and oxygen atoms in total. The highest BCUT2D eigenvalue weighted by molar-refractivity contribution is 7.91. The molecule has 0 radical (unpaired) electrons. The van der Waals surface area contributed by atoms with Crippen LogP contribution in [0.15, 0.2) is 30.5 Å². The third-order valence-corrected chi connectivity index (χ3v) is 5.67. The number of hydrogen-bond acceptors (Lipinski definition) is 4. The van der Waals surface area contributed by atoms with E-state index >= 15 is 0 Å². The Hall–Kier alpha value is -1.33. The molecule has 1 N–H and O–H groups in total. The van der Waals surface area contributed by atoms with E-state index in [-0.39, 0.29) is 11.8 Å². The van der Waals surface area contributed by atoms with E-state index in [4.69, 9.17) is 11.6 Å². The van der Waals surface area contributed by atoms with E-state index in [0.717, 1.165) is 23.0 Å². The Kier molecular flexibility index (Phi) is 3.56. The average molecular weight is 311 g/mol. The number of sulfone groups is 1. The molecule has 3 rings (SSSR count). The normalized spacial score (nSPS) is 21.8. The van der Waals surface area contributed by atoms with Crippen molar-refractivity contribution in [1.29, 1.82) is 0 Å². The van der Waals surface area contributed by atoms with Crippen molar-refractivity contribution in [2.24, 2.45) is 0 Å². The van der Waals surface area contributed by atoms with E-state index in [0.29, 0.717) is 17.2 Å². The number of hydrogen-bond donors (Lipinski definition) is 1. The van der Waals surface area contributed by atoms with Gasteiger partial charge in [0.2, 0.25) is 0 Å². The Morgan fingerprint density at radius 2 is 2.15 bits per heavy atom. The van der Waals surface area contributed by atoms with Crippen molar-refractivity contribution in [1.82, 2.24) is 4.98 Å². The zero-order chi connectivity index (χ0) is 14.2. The Balaban J connectivity index is 1.93. The summed E-state index contributed by atoms with van der Waals surface area (Å²) in [5, 5.41) is 4.85. The second-order valence-electron chi connectivity index (χ2n) is 5.09. The summed E-state index contributed by atoms with van der Waals surface area (Å²) in [5.41, 5.74) is 1.62. The van der Waals surface area contributed by atoms with Crippen molar-refractivity contribution in [3.8, 4) is 0 Å². The number of nitrogens with zero attached hydrogens (tertiary/aromatic N) is 1. The van der Waals surface area contributed by atoms with Crippen molar-refractivity contribution in [2.45, 2.75) is 18.9 Å². The van der Waals surface area contributed by atoms with Crippen molar-refractivity contribution < 1.29 is 8.42 Å². The van der Waals surface area contributed by atoms with Gasteiger partial charge in [-0.15, -0.1) is 0 Å². The SMILES string of the molecule is O=S1(=O)CCCC(Nc2ccc(Cl)c3ncccc23)C1. The van der Waals surface area contributed by atoms with E-state index in [1.807, 2.05) is 18.2 Å². The molecular weight excluding hydrogens is 296 g/mol. The minimum atomic E-state index is -2.92. The third-order valence-electron chi connectivity index (χ3n) is 3.54. The highest BCUT2D eigenvalue weighted by Crippen LogP contribution is 2.29. The number of fused-ring (bicyclic) bond motifs is 1. The van der Waals surface area contributed by atoms with Gasteiger partial charge < -0.3 is 5.32 Å². The zero-order valence-electron chi connectivity index (χ0n) is 10.8. The molecule has 20 heavy (non-hydrogen) atoms. The van der Waals surface area contributed by atoms with Crippen LogP contribution in [0.5, 0.6) is 0 Å². The molecule has 6 heteroatoms. The van der Waals surface area contributed by atoms with Crippen LogP contribution >= 0.6 is 11.6 Å². The van der Waals surface area contributed by atoms with Gasteiger partial charge in [-0.3, -0.25) is 4.98 Å². The fourth-order valence-corrected chi connectivity index (χ4v) is 4.47. The topological polar surface area (TPSA) is 59.1 Å². The molecule has 1 saturated heterocycles. The van der Waals surface area contributed by atoms with Crippen molar-refractivity contribution in [3.63, 3.8) is 0 Å². The molecule has 106 valence electrons. The maximum Gasteiger partial charge on any atom is 0.152 e. The molecule has 0 amide bonds. The number of benzene rings is 1. The molecule has 0 aliphatic carbocycles. The van der Waals surface area contributed by atoms with Crippen LogP contribution in [0.25, 0.3) is 10.9 Å². The largest absolute Gasteiger partial charge is 0.381 e. The minimum Gasteiger partial charge on any atom is -0.381 e. The minimum absolute atomic E-state index is 0.0432. The van der Waals surface area contributed by atoms with E-state index in [9.17, 15) is 8.42 Å². The lowest BCUT2D eigenvalue weighted by molar-refractivity contribution is 0.562. The first-order valence-electron chi connectivity index (χ1n) is 6.55. The molecule has 1 atom stereocenters. The molecule has 1 aromatic carbocycles. The highest BCUT2D eigenvalue weighted by Gasteiger charge is 2.25.